The number of amides is 3. The Bertz CT molecular complexity index is 1170. The predicted molar refractivity (Wildman–Crippen MR) is 124 cm³/mol. The van der Waals surface area contributed by atoms with Crippen molar-refractivity contribution < 1.29 is 9.59 Å². The first-order valence-corrected chi connectivity index (χ1v) is 10.4. The number of hydrogen-bond donors (Lipinski definition) is 4. The third kappa shape index (κ3) is 4.79. The van der Waals surface area contributed by atoms with E-state index in [0.29, 0.717) is 46.6 Å². The number of halogens is 1. The van der Waals surface area contributed by atoms with Gasteiger partial charge in [-0.3, -0.25) is 15.0 Å². The normalized spacial score (nSPS) is 12.8. The number of carbonyl (C=O) groups is 2. The molecular formula is C22H22ClN7O2. The molecule has 2 heterocycles. The zero-order chi connectivity index (χ0) is 22.7. The van der Waals surface area contributed by atoms with Gasteiger partial charge in [-0.15, -0.1) is 0 Å². The van der Waals surface area contributed by atoms with Crippen LogP contribution >= 0.6 is 11.6 Å². The first-order chi connectivity index (χ1) is 15.4. The second kappa shape index (κ2) is 9.21. The molecule has 6 N–H and O–H groups in total. The number of aromatic nitrogens is 2. The van der Waals surface area contributed by atoms with Crippen LogP contribution in [0.1, 0.15) is 23.4 Å². The lowest BCUT2D eigenvalue weighted by Crippen LogP contribution is -2.39. The van der Waals surface area contributed by atoms with Gasteiger partial charge in [0.1, 0.15) is 11.6 Å². The summed E-state index contributed by atoms with van der Waals surface area (Å²) in [6, 6.07) is 12.0. The van der Waals surface area contributed by atoms with Gasteiger partial charge in [-0.1, -0.05) is 23.7 Å². The fourth-order valence-corrected chi connectivity index (χ4v) is 3.55. The fourth-order valence-electron chi connectivity index (χ4n) is 3.33. The van der Waals surface area contributed by atoms with E-state index in [2.05, 4.69) is 20.6 Å². The van der Waals surface area contributed by atoms with Gasteiger partial charge >= 0.3 is 6.03 Å². The van der Waals surface area contributed by atoms with Crippen LogP contribution in [0.15, 0.2) is 48.7 Å². The van der Waals surface area contributed by atoms with E-state index >= 15 is 0 Å². The van der Waals surface area contributed by atoms with Gasteiger partial charge in [0.05, 0.1) is 23.8 Å². The average Bonchev–Trinajstić information content (AvgIpc) is 2.79. The fraction of sp³-hybridized carbons (Fsp3) is 0.182. The third-order valence-electron chi connectivity index (χ3n) is 5.04. The maximum absolute atomic E-state index is 12.7. The molecule has 3 aromatic rings. The summed E-state index contributed by atoms with van der Waals surface area (Å²) in [6.45, 7) is 0.416. The molecule has 3 amide bonds. The number of nitrogens with zero attached hydrogens (tertiary/aromatic N) is 3. The van der Waals surface area contributed by atoms with Crippen LogP contribution in [-0.4, -0.2) is 21.9 Å². The second-order valence-electron chi connectivity index (χ2n) is 7.34. The smallest absolute Gasteiger partial charge is 0.327 e. The number of nitrogens with one attached hydrogen (secondary N) is 2. The molecule has 0 saturated carbocycles. The van der Waals surface area contributed by atoms with Crippen molar-refractivity contribution in [3.05, 3.63) is 70.6 Å². The summed E-state index contributed by atoms with van der Waals surface area (Å²) in [7, 11) is 0. The zero-order valence-electron chi connectivity index (χ0n) is 17.1. The minimum absolute atomic E-state index is 0.147. The van der Waals surface area contributed by atoms with Crippen molar-refractivity contribution >= 4 is 46.4 Å². The highest BCUT2D eigenvalue weighted by atomic mass is 35.5. The Balaban J connectivity index is 1.46. The van der Waals surface area contributed by atoms with E-state index < -0.39 is 0 Å². The molecule has 0 aliphatic carbocycles. The second-order valence-corrected chi connectivity index (χ2v) is 7.74. The molecule has 0 unspecified atom stereocenters. The van der Waals surface area contributed by atoms with Crippen LogP contribution < -0.4 is 27.0 Å². The largest absolute Gasteiger partial charge is 0.399 e. The molecule has 10 heteroatoms. The number of urea groups is 1. The van der Waals surface area contributed by atoms with E-state index in [1.807, 2.05) is 24.3 Å². The average molecular weight is 452 g/mol. The maximum atomic E-state index is 12.7. The molecular weight excluding hydrogens is 430 g/mol. The van der Waals surface area contributed by atoms with Gasteiger partial charge in [-0.2, -0.15) is 0 Å². The molecule has 0 spiro atoms. The SMILES string of the molecule is NCc1ncc2c(n1)NC(=O)N(c1cc(NC(=O)CCc3ccc(N)cc3)ccc1Cl)C2. The van der Waals surface area contributed by atoms with Crippen LogP contribution in [0.2, 0.25) is 5.02 Å². The van der Waals surface area contributed by atoms with Crippen LogP contribution in [0.3, 0.4) is 0 Å². The van der Waals surface area contributed by atoms with Crippen molar-refractivity contribution in [2.24, 2.45) is 5.73 Å². The quantitative estimate of drug-likeness (QED) is 0.424. The van der Waals surface area contributed by atoms with E-state index in [-0.39, 0.29) is 25.0 Å². The van der Waals surface area contributed by atoms with Crippen LogP contribution in [-0.2, 0) is 24.3 Å². The first kappa shape index (κ1) is 21.5. The minimum Gasteiger partial charge on any atom is -0.399 e. The Morgan fingerprint density at radius 3 is 2.75 bits per heavy atom. The first-order valence-electron chi connectivity index (χ1n) is 10.00. The Morgan fingerprint density at radius 2 is 2.00 bits per heavy atom. The number of anilines is 4. The summed E-state index contributed by atoms with van der Waals surface area (Å²) in [5, 5.41) is 5.98. The van der Waals surface area contributed by atoms with E-state index in [1.165, 1.54) is 4.90 Å². The zero-order valence-corrected chi connectivity index (χ0v) is 17.9. The lowest BCUT2D eigenvalue weighted by atomic mass is 10.1. The number of benzene rings is 2. The van der Waals surface area contributed by atoms with Gasteiger partial charge in [0.25, 0.3) is 0 Å². The molecule has 0 fully saturated rings. The molecule has 1 aromatic heterocycles. The summed E-state index contributed by atoms with van der Waals surface area (Å²) >= 11 is 6.37. The number of hydrogen-bond acceptors (Lipinski definition) is 6. The Kier molecular flexibility index (Phi) is 6.20. The minimum atomic E-state index is -0.382. The van der Waals surface area contributed by atoms with Gasteiger partial charge in [0.15, 0.2) is 0 Å². The molecule has 0 atom stereocenters. The molecule has 2 aromatic carbocycles. The summed E-state index contributed by atoms with van der Waals surface area (Å²) in [4.78, 5) is 35.0. The summed E-state index contributed by atoms with van der Waals surface area (Å²) in [5.74, 6) is 0.732. The molecule has 1 aliphatic rings. The van der Waals surface area contributed by atoms with E-state index in [4.69, 9.17) is 23.1 Å². The topological polar surface area (TPSA) is 139 Å². The van der Waals surface area contributed by atoms with Crippen LogP contribution in [0.4, 0.5) is 27.7 Å². The van der Waals surface area contributed by atoms with Crippen molar-refractivity contribution in [3.63, 3.8) is 0 Å². The molecule has 0 saturated heterocycles. The van der Waals surface area contributed by atoms with Crippen molar-refractivity contribution in [2.75, 3.05) is 21.3 Å². The standard InChI is InChI=1S/C22H22ClN7O2/c23-17-7-6-16(27-20(31)8-3-13-1-4-15(25)5-2-13)9-18(17)30-12-14-11-26-19(10-24)28-21(14)29-22(30)32/h1-2,4-7,9,11H,3,8,10,12,24-25H2,(H,27,31)(H,26,28,29,32). The van der Waals surface area contributed by atoms with Crippen molar-refractivity contribution in [2.45, 2.75) is 25.9 Å². The van der Waals surface area contributed by atoms with Crippen LogP contribution in [0.5, 0.6) is 0 Å². The number of aryl methyl sites for hydroxylation is 1. The molecule has 4 rings (SSSR count). The summed E-state index contributed by atoms with van der Waals surface area (Å²) < 4.78 is 0. The monoisotopic (exact) mass is 451 g/mol. The van der Waals surface area contributed by atoms with E-state index in [0.717, 1.165) is 11.1 Å². The van der Waals surface area contributed by atoms with Crippen LogP contribution in [0.25, 0.3) is 0 Å². The Hall–Kier alpha value is -3.69. The van der Waals surface area contributed by atoms with Gasteiger partial charge in [0.2, 0.25) is 5.91 Å². The Labute approximate surface area is 189 Å². The molecule has 0 radical (unpaired) electrons. The predicted octanol–water partition coefficient (Wildman–Crippen LogP) is 3.29. The molecule has 164 valence electrons. The molecule has 9 nitrogen and oxygen atoms in total. The summed E-state index contributed by atoms with van der Waals surface area (Å²) in [5.41, 5.74) is 14.7. The van der Waals surface area contributed by atoms with Gasteiger partial charge < -0.3 is 16.8 Å². The van der Waals surface area contributed by atoms with Gasteiger partial charge in [-0.05, 0) is 42.3 Å². The van der Waals surface area contributed by atoms with E-state index in [1.54, 1.807) is 24.4 Å². The number of rotatable bonds is 6. The van der Waals surface area contributed by atoms with Crippen molar-refractivity contribution in [3.8, 4) is 0 Å². The van der Waals surface area contributed by atoms with Crippen LogP contribution in [0, 0.1) is 0 Å². The van der Waals surface area contributed by atoms with E-state index in [9.17, 15) is 9.59 Å². The summed E-state index contributed by atoms with van der Waals surface area (Å²) in [6.07, 6.45) is 2.52. The highest BCUT2D eigenvalue weighted by molar-refractivity contribution is 6.34. The lowest BCUT2D eigenvalue weighted by molar-refractivity contribution is -0.116. The van der Waals surface area contributed by atoms with Gasteiger partial charge in [-0.25, -0.2) is 14.8 Å². The third-order valence-corrected chi connectivity index (χ3v) is 5.36. The lowest BCUT2D eigenvalue weighted by Gasteiger charge is -2.29. The number of nitrogen functional groups attached to an aromatic ring is 1. The molecule has 0 bridgehead atoms. The number of carbonyl (C=O) groups excluding carboxylic acids is 2. The number of fused-ring (bicyclic) bond motifs is 1. The molecule has 32 heavy (non-hydrogen) atoms. The maximum Gasteiger partial charge on any atom is 0.327 e. The van der Waals surface area contributed by atoms with Gasteiger partial charge in [0, 0.05) is 29.6 Å². The highest BCUT2D eigenvalue weighted by Crippen LogP contribution is 2.33. The number of nitrogens with two attached hydrogens (primary N) is 2. The van der Waals surface area contributed by atoms with Crippen molar-refractivity contribution in [1.82, 2.24) is 9.97 Å². The Morgan fingerprint density at radius 1 is 1.22 bits per heavy atom. The van der Waals surface area contributed by atoms with Crippen molar-refractivity contribution in [1.29, 1.82) is 0 Å². The molecule has 1 aliphatic heterocycles. The highest BCUT2D eigenvalue weighted by Gasteiger charge is 2.27.